The van der Waals surface area contributed by atoms with Crippen LogP contribution in [0.2, 0.25) is 0 Å². The fourth-order valence-corrected chi connectivity index (χ4v) is 3.33. The fraction of sp³-hybridized carbons (Fsp3) is 1.00. The SMILES string of the molecule is CC(C)(C)CS(=O)(=O)NC(C)(C)CCl. The van der Waals surface area contributed by atoms with Gasteiger partial charge < -0.3 is 0 Å². The molecule has 0 aromatic rings. The molecule has 0 aliphatic carbocycles. The molecule has 0 heterocycles. The molecule has 1 N–H and O–H groups in total. The molecule has 14 heavy (non-hydrogen) atoms. The van der Waals surface area contributed by atoms with E-state index in [2.05, 4.69) is 4.72 Å². The molecule has 0 aliphatic heterocycles. The largest absolute Gasteiger partial charge is 0.212 e. The van der Waals surface area contributed by atoms with Gasteiger partial charge in [0.1, 0.15) is 0 Å². The van der Waals surface area contributed by atoms with E-state index < -0.39 is 15.6 Å². The number of rotatable bonds is 4. The van der Waals surface area contributed by atoms with Gasteiger partial charge in [0.05, 0.1) is 5.75 Å². The molecule has 0 radical (unpaired) electrons. The smallest absolute Gasteiger partial charge is 0.212 e. The maximum absolute atomic E-state index is 11.7. The van der Waals surface area contributed by atoms with E-state index >= 15 is 0 Å². The first-order chi connectivity index (χ1) is 5.97. The van der Waals surface area contributed by atoms with Crippen molar-refractivity contribution in [3.05, 3.63) is 0 Å². The minimum absolute atomic E-state index is 0.111. The minimum atomic E-state index is -3.24. The van der Waals surface area contributed by atoms with Gasteiger partial charge >= 0.3 is 0 Å². The number of alkyl halides is 1. The molecule has 0 spiro atoms. The molecule has 0 atom stereocenters. The Morgan fingerprint density at radius 1 is 1.14 bits per heavy atom. The third-order valence-electron chi connectivity index (χ3n) is 1.39. The maximum Gasteiger partial charge on any atom is 0.212 e. The third-order valence-corrected chi connectivity index (χ3v) is 4.17. The lowest BCUT2D eigenvalue weighted by Gasteiger charge is -2.26. The molecule has 0 saturated carbocycles. The first-order valence-corrected chi connectivity index (χ1v) is 6.74. The van der Waals surface area contributed by atoms with Crippen LogP contribution in [0.3, 0.4) is 0 Å². The average Bonchev–Trinajstić information content (AvgIpc) is 1.78. The number of sulfonamides is 1. The summed E-state index contributed by atoms with van der Waals surface area (Å²) >= 11 is 5.64. The van der Waals surface area contributed by atoms with Crippen molar-refractivity contribution in [2.24, 2.45) is 5.41 Å². The Balaban J connectivity index is 4.53. The molecule has 0 aromatic heterocycles. The molecular weight excluding hydrogens is 222 g/mol. The summed E-state index contributed by atoms with van der Waals surface area (Å²) in [6.45, 7) is 9.19. The van der Waals surface area contributed by atoms with E-state index in [9.17, 15) is 8.42 Å². The Bertz CT molecular complexity index is 278. The second-order valence-electron chi connectivity index (χ2n) is 5.44. The van der Waals surface area contributed by atoms with Crippen LogP contribution >= 0.6 is 11.6 Å². The molecule has 0 aromatic carbocycles. The van der Waals surface area contributed by atoms with Crippen LogP contribution in [-0.2, 0) is 10.0 Å². The lowest BCUT2D eigenvalue weighted by molar-refractivity contribution is 0.442. The quantitative estimate of drug-likeness (QED) is 0.765. The molecule has 0 aliphatic rings. The molecular formula is C9H20ClNO2S. The van der Waals surface area contributed by atoms with Crippen molar-refractivity contribution in [2.75, 3.05) is 11.6 Å². The topological polar surface area (TPSA) is 46.2 Å². The Hall–Kier alpha value is 0.200. The molecule has 0 unspecified atom stereocenters. The molecule has 5 heteroatoms. The standard InChI is InChI=1S/C9H20ClNO2S/c1-8(2,3)7-14(12,13)11-9(4,5)6-10/h11H,6-7H2,1-5H3. The van der Waals surface area contributed by atoms with Crippen molar-refractivity contribution in [1.82, 2.24) is 4.72 Å². The maximum atomic E-state index is 11.7. The van der Waals surface area contributed by atoms with Gasteiger partial charge in [-0.15, -0.1) is 11.6 Å². The summed E-state index contributed by atoms with van der Waals surface area (Å²) in [6, 6.07) is 0. The van der Waals surface area contributed by atoms with Gasteiger partial charge in [-0.2, -0.15) is 0 Å². The second-order valence-corrected chi connectivity index (χ2v) is 7.43. The first kappa shape index (κ1) is 14.2. The van der Waals surface area contributed by atoms with Gasteiger partial charge in [-0.1, -0.05) is 20.8 Å². The predicted molar refractivity (Wildman–Crippen MR) is 61.2 cm³/mol. The highest BCUT2D eigenvalue weighted by Gasteiger charge is 2.27. The van der Waals surface area contributed by atoms with Crippen LogP contribution in [-0.4, -0.2) is 25.6 Å². The summed E-state index contributed by atoms with van der Waals surface area (Å²) in [7, 11) is -3.24. The van der Waals surface area contributed by atoms with Crippen molar-refractivity contribution >= 4 is 21.6 Å². The van der Waals surface area contributed by atoms with Crippen LogP contribution in [0.15, 0.2) is 0 Å². The Morgan fingerprint density at radius 2 is 1.57 bits per heavy atom. The number of nitrogens with one attached hydrogen (secondary N) is 1. The normalized spacial score (nSPS) is 14.4. The van der Waals surface area contributed by atoms with Crippen molar-refractivity contribution < 1.29 is 8.42 Å². The monoisotopic (exact) mass is 241 g/mol. The van der Waals surface area contributed by atoms with Gasteiger partial charge in [-0.3, -0.25) is 0 Å². The highest BCUT2D eigenvalue weighted by Crippen LogP contribution is 2.17. The number of halogens is 1. The Morgan fingerprint density at radius 3 is 1.86 bits per heavy atom. The highest BCUT2D eigenvalue weighted by molar-refractivity contribution is 7.89. The van der Waals surface area contributed by atoms with E-state index in [1.165, 1.54) is 0 Å². The van der Waals surface area contributed by atoms with E-state index in [4.69, 9.17) is 11.6 Å². The molecule has 0 saturated heterocycles. The van der Waals surface area contributed by atoms with Gasteiger partial charge in [0.25, 0.3) is 0 Å². The molecule has 86 valence electrons. The molecule has 3 nitrogen and oxygen atoms in total. The summed E-state index contributed by atoms with van der Waals surface area (Å²) in [5, 5.41) is 0. The summed E-state index contributed by atoms with van der Waals surface area (Å²) in [4.78, 5) is 0. The van der Waals surface area contributed by atoms with Gasteiger partial charge in [-0.05, 0) is 19.3 Å². The minimum Gasteiger partial charge on any atom is -0.212 e. The lowest BCUT2D eigenvalue weighted by atomic mass is 10.0. The zero-order chi connectivity index (χ0) is 11.6. The van der Waals surface area contributed by atoms with Crippen LogP contribution in [0, 0.1) is 5.41 Å². The molecule has 0 fully saturated rings. The number of hydrogen-bond acceptors (Lipinski definition) is 2. The van der Waals surface area contributed by atoms with Crippen LogP contribution in [0.25, 0.3) is 0 Å². The van der Waals surface area contributed by atoms with E-state index in [-0.39, 0.29) is 17.0 Å². The van der Waals surface area contributed by atoms with Crippen LogP contribution < -0.4 is 4.72 Å². The zero-order valence-electron chi connectivity index (χ0n) is 9.52. The molecule has 0 rings (SSSR count). The Kier molecular flexibility index (Phi) is 4.43. The zero-order valence-corrected chi connectivity index (χ0v) is 11.1. The van der Waals surface area contributed by atoms with Gasteiger partial charge in [0, 0.05) is 11.4 Å². The van der Waals surface area contributed by atoms with Crippen LogP contribution in [0.1, 0.15) is 34.6 Å². The van der Waals surface area contributed by atoms with Crippen molar-refractivity contribution in [3.63, 3.8) is 0 Å². The van der Waals surface area contributed by atoms with E-state index in [1.54, 1.807) is 13.8 Å². The summed E-state index contributed by atoms with van der Waals surface area (Å²) in [6.07, 6.45) is 0. The van der Waals surface area contributed by atoms with Gasteiger partial charge in [-0.25, -0.2) is 13.1 Å². The molecule has 0 amide bonds. The lowest BCUT2D eigenvalue weighted by Crippen LogP contribution is -2.47. The van der Waals surface area contributed by atoms with E-state index in [1.807, 2.05) is 20.8 Å². The first-order valence-electron chi connectivity index (χ1n) is 4.55. The third kappa shape index (κ3) is 6.62. The van der Waals surface area contributed by atoms with Gasteiger partial charge in [0.2, 0.25) is 10.0 Å². The highest BCUT2D eigenvalue weighted by atomic mass is 35.5. The van der Waals surface area contributed by atoms with Crippen molar-refractivity contribution in [1.29, 1.82) is 0 Å². The van der Waals surface area contributed by atoms with Crippen LogP contribution in [0.5, 0.6) is 0 Å². The number of hydrogen-bond donors (Lipinski definition) is 1. The van der Waals surface area contributed by atoms with Crippen molar-refractivity contribution in [3.8, 4) is 0 Å². The summed E-state index contributed by atoms with van der Waals surface area (Å²) < 4.78 is 25.9. The fourth-order valence-electron chi connectivity index (χ4n) is 1.05. The average molecular weight is 242 g/mol. The summed E-state index contributed by atoms with van der Waals surface area (Å²) in [5.74, 6) is 0.372. The molecule has 0 bridgehead atoms. The van der Waals surface area contributed by atoms with Crippen molar-refractivity contribution in [2.45, 2.75) is 40.2 Å². The summed E-state index contributed by atoms with van der Waals surface area (Å²) in [5.41, 5.74) is -0.820. The van der Waals surface area contributed by atoms with E-state index in [0.29, 0.717) is 0 Å². The van der Waals surface area contributed by atoms with Crippen LogP contribution in [0.4, 0.5) is 0 Å². The Labute approximate surface area is 92.3 Å². The predicted octanol–water partition coefficient (Wildman–Crippen LogP) is 1.97. The van der Waals surface area contributed by atoms with Gasteiger partial charge in [0.15, 0.2) is 0 Å². The second kappa shape index (κ2) is 4.37. The van der Waals surface area contributed by atoms with E-state index in [0.717, 1.165) is 0 Å².